The molecule has 0 atom stereocenters. The standard InChI is InChI=1S/C10H11N3O2/c1-6-12-10(13-15-6)8-4-3-7(14-2)5-9(8)11/h3-5H,11H2,1-2H3. The molecule has 0 aliphatic heterocycles. The molecule has 78 valence electrons. The molecule has 0 bridgehead atoms. The maximum Gasteiger partial charge on any atom is 0.223 e. The van der Waals surface area contributed by atoms with Gasteiger partial charge in [0.15, 0.2) is 0 Å². The van der Waals surface area contributed by atoms with Gasteiger partial charge in [0.1, 0.15) is 5.75 Å². The van der Waals surface area contributed by atoms with E-state index < -0.39 is 0 Å². The highest BCUT2D eigenvalue weighted by Gasteiger charge is 2.09. The number of aromatic nitrogens is 2. The van der Waals surface area contributed by atoms with Crippen LogP contribution in [-0.2, 0) is 0 Å². The van der Waals surface area contributed by atoms with Crippen LogP contribution >= 0.6 is 0 Å². The Morgan fingerprint density at radius 1 is 1.40 bits per heavy atom. The topological polar surface area (TPSA) is 74.2 Å². The van der Waals surface area contributed by atoms with Crippen LogP contribution < -0.4 is 10.5 Å². The van der Waals surface area contributed by atoms with Gasteiger partial charge in [-0.2, -0.15) is 4.98 Å². The van der Waals surface area contributed by atoms with Crippen molar-refractivity contribution in [1.29, 1.82) is 0 Å². The van der Waals surface area contributed by atoms with Gasteiger partial charge in [0.05, 0.1) is 7.11 Å². The Morgan fingerprint density at radius 3 is 2.73 bits per heavy atom. The molecule has 0 aliphatic rings. The molecule has 15 heavy (non-hydrogen) atoms. The van der Waals surface area contributed by atoms with E-state index in [4.69, 9.17) is 15.0 Å². The molecule has 0 aliphatic carbocycles. The lowest BCUT2D eigenvalue weighted by Crippen LogP contribution is -1.93. The average Bonchev–Trinajstić information content (AvgIpc) is 2.64. The van der Waals surface area contributed by atoms with Crippen LogP contribution in [-0.4, -0.2) is 17.3 Å². The van der Waals surface area contributed by atoms with E-state index in [0.29, 0.717) is 23.2 Å². The Kier molecular flexibility index (Phi) is 2.29. The minimum Gasteiger partial charge on any atom is -0.497 e. The van der Waals surface area contributed by atoms with E-state index >= 15 is 0 Å². The maximum atomic E-state index is 5.84. The molecule has 1 aromatic carbocycles. The van der Waals surface area contributed by atoms with Crippen LogP contribution in [0.25, 0.3) is 11.4 Å². The van der Waals surface area contributed by atoms with Crippen LogP contribution in [0.1, 0.15) is 5.89 Å². The van der Waals surface area contributed by atoms with E-state index in [2.05, 4.69) is 10.1 Å². The zero-order valence-electron chi connectivity index (χ0n) is 8.52. The molecule has 5 heteroatoms. The summed E-state index contributed by atoms with van der Waals surface area (Å²) in [6, 6.07) is 5.33. The molecule has 2 N–H and O–H groups in total. The van der Waals surface area contributed by atoms with Crippen molar-refractivity contribution < 1.29 is 9.26 Å². The van der Waals surface area contributed by atoms with Crippen molar-refractivity contribution >= 4 is 5.69 Å². The lowest BCUT2D eigenvalue weighted by atomic mass is 10.1. The number of nitrogens with zero attached hydrogens (tertiary/aromatic N) is 2. The first-order valence-corrected chi connectivity index (χ1v) is 4.45. The number of anilines is 1. The lowest BCUT2D eigenvalue weighted by Gasteiger charge is -2.03. The van der Waals surface area contributed by atoms with Gasteiger partial charge >= 0.3 is 0 Å². The number of methoxy groups -OCH3 is 1. The first kappa shape index (κ1) is 9.51. The summed E-state index contributed by atoms with van der Waals surface area (Å²) in [4.78, 5) is 4.10. The third-order valence-electron chi connectivity index (χ3n) is 2.03. The summed E-state index contributed by atoms with van der Waals surface area (Å²) < 4.78 is 9.93. The second-order valence-electron chi connectivity index (χ2n) is 3.09. The largest absolute Gasteiger partial charge is 0.497 e. The van der Waals surface area contributed by atoms with Crippen molar-refractivity contribution in [3.8, 4) is 17.1 Å². The molecule has 0 spiro atoms. The summed E-state index contributed by atoms with van der Waals surface area (Å²) in [7, 11) is 1.59. The lowest BCUT2D eigenvalue weighted by molar-refractivity contribution is 0.394. The Morgan fingerprint density at radius 2 is 2.20 bits per heavy atom. The van der Waals surface area contributed by atoms with E-state index in [-0.39, 0.29) is 0 Å². The SMILES string of the molecule is COc1ccc(-c2noc(C)n2)c(N)c1. The normalized spacial score (nSPS) is 10.3. The fraction of sp³-hybridized carbons (Fsp3) is 0.200. The molecule has 0 fully saturated rings. The van der Waals surface area contributed by atoms with Crippen LogP contribution in [0, 0.1) is 6.92 Å². The van der Waals surface area contributed by atoms with E-state index in [0.717, 1.165) is 5.56 Å². The molecular weight excluding hydrogens is 194 g/mol. The minimum absolute atomic E-state index is 0.493. The molecule has 5 nitrogen and oxygen atoms in total. The molecule has 0 saturated heterocycles. The smallest absolute Gasteiger partial charge is 0.223 e. The molecule has 0 unspecified atom stereocenters. The Bertz CT molecular complexity index is 479. The third-order valence-corrected chi connectivity index (χ3v) is 2.03. The van der Waals surface area contributed by atoms with E-state index in [1.165, 1.54) is 0 Å². The number of nitrogens with two attached hydrogens (primary N) is 1. The molecule has 1 heterocycles. The van der Waals surface area contributed by atoms with E-state index in [1.54, 1.807) is 32.2 Å². The van der Waals surface area contributed by atoms with Crippen molar-refractivity contribution in [1.82, 2.24) is 10.1 Å². The van der Waals surface area contributed by atoms with Crippen LogP contribution in [0.3, 0.4) is 0 Å². The van der Waals surface area contributed by atoms with Gasteiger partial charge in [0, 0.05) is 24.2 Å². The first-order chi connectivity index (χ1) is 7.20. The second-order valence-corrected chi connectivity index (χ2v) is 3.09. The van der Waals surface area contributed by atoms with Gasteiger partial charge in [-0.05, 0) is 12.1 Å². The number of rotatable bonds is 2. The van der Waals surface area contributed by atoms with Gasteiger partial charge in [-0.1, -0.05) is 5.16 Å². The van der Waals surface area contributed by atoms with Crippen LogP contribution in [0.5, 0.6) is 5.75 Å². The van der Waals surface area contributed by atoms with Crippen molar-refractivity contribution in [3.05, 3.63) is 24.1 Å². The highest BCUT2D eigenvalue weighted by molar-refractivity contribution is 5.72. The molecule has 0 saturated carbocycles. The van der Waals surface area contributed by atoms with Crippen molar-refractivity contribution in [2.45, 2.75) is 6.92 Å². The summed E-state index contributed by atoms with van der Waals surface area (Å²) in [6.45, 7) is 1.73. The highest BCUT2D eigenvalue weighted by Crippen LogP contribution is 2.26. The van der Waals surface area contributed by atoms with Gasteiger partial charge in [-0.3, -0.25) is 0 Å². The maximum absolute atomic E-state index is 5.84. The zero-order valence-corrected chi connectivity index (χ0v) is 8.52. The fourth-order valence-electron chi connectivity index (χ4n) is 1.28. The van der Waals surface area contributed by atoms with E-state index in [1.807, 2.05) is 0 Å². The quantitative estimate of drug-likeness (QED) is 0.754. The third kappa shape index (κ3) is 1.76. The zero-order chi connectivity index (χ0) is 10.8. The summed E-state index contributed by atoms with van der Waals surface area (Å²) in [6.07, 6.45) is 0. The second kappa shape index (κ2) is 3.61. The Labute approximate surface area is 86.9 Å². The number of nitrogen functional groups attached to an aromatic ring is 1. The Balaban J connectivity index is 2.45. The van der Waals surface area contributed by atoms with Gasteiger partial charge in [0.25, 0.3) is 0 Å². The fourth-order valence-corrected chi connectivity index (χ4v) is 1.28. The van der Waals surface area contributed by atoms with E-state index in [9.17, 15) is 0 Å². The van der Waals surface area contributed by atoms with Crippen LogP contribution in [0.15, 0.2) is 22.7 Å². The van der Waals surface area contributed by atoms with Gasteiger partial charge in [-0.25, -0.2) is 0 Å². The van der Waals surface area contributed by atoms with Crippen LogP contribution in [0.4, 0.5) is 5.69 Å². The summed E-state index contributed by atoms with van der Waals surface area (Å²) in [5.74, 6) is 1.71. The van der Waals surface area contributed by atoms with Gasteiger partial charge < -0.3 is 15.0 Å². The molecule has 1 aromatic heterocycles. The number of benzene rings is 1. The number of ether oxygens (including phenoxy) is 1. The molecule has 0 radical (unpaired) electrons. The highest BCUT2D eigenvalue weighted by atomic mass is 16.5. The average molecular weight is 205 g/mol. The van der Waals surface area contributed by atoms with Crippen molar-refractivity contribution in [2.75, 3.05) is 12.8 Å². The monoisotopic (exact) mass is 205 g/mol. The Hall–Kier alpha value is -2.04. The van der Waals surface area contributed by atoms with Crippen molar-refractivity contribution in [2.24, 2.45) is 0 Å². The number of hydrogen-bond donors (Lipinski definition) is 1. The van der Waals surface area contributed by atoms with Crippen molar-refractivity contribution in [3.63, 3.8) is 0 Å². The number of hydrogen-bond acceptors (Lipinski definition) is 5. The van der Waals surface area contributed by atoms with Gasteiger partial charge in [0.2, 0.25) is 11.7 Å². The molecule has 2 aromatic rings. The molecule has 0 amide bonds. The first-order valence-electron chi connectivity index (χ1n) is 4.45. The summed E-state index contributed by atoms with van der Waals surface area (Å²) in [5.41, 5.74) is 7.14. The minimum atomic E-state index is 0.493. The predicted molar refractivity (Wildman–Crippen MR) is 55.4 cm³/mol. The van der Waals surface area contributed by atoms with Gasteiger partial charge in [-0.15, -0.1) is 0 Å². The summed E-state index contributed by atoms with van der Waals surface area (Å²) in [5, 5.41) is 3.80. The summed E-state index contributed by atoms with van der Waals surface area (Å²) >= 11 is 0. The molecule has 2 rings (SSSR count). The predicted octanol–water partition coefficient (Wildman–Crippen LogP) is 1.64. The number of aryl methyl sites for hydroxylation is 1. The molecular formula is C10H11N3O2. The van der Waals surface area contributed by atoms with Crippen LogP contribution in [0.2, 0.25) is 0 Å².